The van der Waals surface area contributed by atoms with Gasteiger partial charge in [-0.1, -0.05) is 76.8 Å². The highest BCUT2D eigenvalue weighted by Gasteiger charge is 2.11. The van der Waals surface area contributed by atoms with Gasteiger partial charge in [-0.25, -0.2) is 0 Å². The topological polar surface area (TPSA) is 62.0 Å². The minimum atomic E-state index is 0.114. The van der Waals surface area contributed by atoms with E-state index in [4.69, 9.17) is 4.74 Å². The Hall–Kier alpha value is -1.71. The van der Waals surface area contributed by atoms with Gasteiger partial charge in [0.15, 0.2) is 0 Å². The SMILES string of the molecule is CCCCCCCCCCOc1ccc(C(CCCCC)=NO)c(O)c1. The molecule has 0 aliphatic carbocycles. The third-order valence-electron chi connectivity index (χ3n) is 4.68. The maximum Gasteiger partial charge on any atom is 0.128 e. The van der Waals surface area contributed by atoms with E-state index in [0.717, 1.165) is 25.7 Å². The molecule has 1 rings (SSSR count). The molecule has 1 aromatic carbocycles. The second-order valence-corrected chi connectivity index (χ2v) is 7.01. The Balaban J connectivity index is 2.31. The number of phenols is 1. The van der Waals surface area contributed by atoms with Crippen LogP contribution in [0.1, 0.15) is 96.5 Å². The number of nitrogens with zero attached hydrogens (tertiary/aromatic N) is 1. The van der Waals surface area contributed by atoms with Crippen LogP contribution in [0.5, 0.6) is 11.5 Å². The van der Waals surface area contributed by atoms with Crippen molar-refractivity contribution in [2.45, 2.75) is 90.9 Å². The van der Waals surface area contributed by atoms with E-state index >= 15 is 0 Å². The molecule has 0 aromatic heterocycles. The lowest BCUT2D eigenvalue weighted by molar-refractivity contribution is 0.302. The van der Waals surface area contributed by atoms with E-state index in [0.29, 0.717) is 30.1 Å². The average Bonchev–Trinajstić information content (AvgIpc) is 2.65. The van der Waals surface area contributed by atoms with E-state index in [-0.39, 0.29) is 5.75 Å². The Morgan fingerprint density at radius 1 is 0.885 bits per heavy atom. The van der Waals surface area contributed by atoms with Crippen molar-refractivity contribution in [1.82, 2.24) is 0 Å². The molecule has 4 nitrogen and oxygen atoms in total. The second-order valence-electron chi connectivity index (χ2n) is 7.01. The molecule has 0 saturated heterocycles. The van der Waals surface area contributed by atoms with Crippen LogP contribution < -0.4 is 4.74 Å². The van der Waals surface area contributed by atoms with Gasteiger partial charge in [0, 0.05) is 11.6 Å². The molecular formula is C22H37NO3. The van der Waals surface area contributed by atoms with Crippen molar-refractivity contribution in [1.29, 1.82) is 0 Å². The number of hydrogen-bond donors (Lipinski definition) is 2. The van der Waals surface area contributed by atoms with Crippen molar-refractivity contribution >= 4 is 5.71 Å². The number of ether oxygens (including phenoxy) is 1. The van der Waals surface area contributed by atoms with E-state index in [1.165, 1.54) is 44.9 Å². The maximum absolute atomic E-state index is 10.2. The third-order valence-corrected chi connectivity index (χ3v) is 4.68. The maximum atomic E-state index is 10.2. The van der Waals surface area contributed by atoms with Crippen LogP contribution in [0.3, 0.4) is 0 Å². The second kappa shape index (κ2) is 14.5. The molecule has 26 heavy (non-hydrogen) atoms. The zero-order valence-electron chi connectivity index (χ0n) is 16.7. The molecule has 1 aromatic rings. The van der Waals surface area contributed by atoms with Gasteiger partial charge in [0.2, 0.25) is 0 Å². The van der Waals surface area contributed by atoms with Crippen LogP contribution in [0.15, 0.2) is 23.4 Å². The zero-order chi connectivity index (χ0) is 19.0. The first-order valence-electron chi connectivity index (χ1n) is 10.4. The summed E-state index contributed by atoms with van der Waals surface area (Å²) in [6.45, 7) is 5.04. The molecule has 4 heteroatoms. The highest BCUT2D eigenvalue weighted by atomic mass is 16.5. The zero-order valence-corrected chi connectivity index (χ0v) is 16.7. The average molecular weight is 364 g/mol. The lowest BCUT2D eigenvalue weighted by Crippen LogP contribution is -2.03. The molecule has 0 spiro atoms. The summed E-state index contributed by atoms with van der Waals surface area (Å²) in [5.41, 5.74) is 1.12. The predicted octanol–water partition coefficient (Wildman–Crippen LogP) is 6.67. The molecular weight excluding hydrogens is 326 g/mol. The van der Waals surface area contributed by atoms with E-state index in [9.17, 15) is 10.3 Å². The summed E-state index contributed by atoms with van der Waals surface area (Å²) in [5, 5.41) is 22.8. The summed E-state index contributed by atoms with van der Waals surface area (Å²) in [6, 6.07) is 5.23. The Labute approximate surface area is 159 Å². The number of benzene rings is 1. The first kappa shape index (κ1) is 22.3. The van der Waals surface area contributed by atoms with Gasteiger partial charge in [-0.05, 0) is 31.4 Å². The summed E-state index contributed by atoms with van der Waals surface area (Å²) >= 11 is 0. The quantitative estimate of drug-likeness (QED) is 0.158. The molecule has 0 aliphatic heterocycles. The number of phenolic OH excluding ortho intramolecular Hbond substituents is 1. The minimum absolute atomic E-state index is 0.114. The molecule has 2 N–H and O–H groups in total. The van der Waals surface area contributed by atoms with Crippen molar-refractivity contribution in [2.24, 2.45) is 5.16 Å². The highest BCUT2D eigenvalue weighted by molar-refractivity contribution is 6.02. The van der Waals surface area contributed by atoms with E-state index in [2.05, 4.69) is 19.0 Å². The van der Waals surface area contributed by atoms with Crippen molar-refractivity contribution in [2.75, 3.05) is 6.61 Å². The fourth-order valence-corrected chi connectivity index (χ4v) is 3.05. The summed E-state index contributed by atoms with van der Waals surface area (Å²) in [4.78, 5) is 0. The smallest absolute Gasteiger partial charge is 0.128 e. The molecule has 0 heterocycles. The van der Waals surface area contributed by atoms with Gasteiger partial charge in [0.1, 0.15) is 11.5 Å². The normalized spacial score (nSPS) is 11.7. The van der Waals surface area contributed by atoms with E-state index in [1.807, 2.05) is 6.07 Å². The van der Waals surface area contributed by atoms with Crippen LogP contribution in [0.25, 0.3) is 0 Å². The van der Waals surface area contributed by atoms with Crippen molar-refractivity contribution in [3.05, 3.63) is 23.8 Å². The van der Waals surface area contributed by atoms with Gasteiger partial charge in [-0.15, -0.1) is 0 Å². The van der Waals surface area contributed by atoms with Crippen molar-refractivity contribution < 1.29 is 15.1 Å². The molecule has 0 saturated carbocycles. The van der Waals surface area contributed by atoms with Gasteiger partial charge < -0.3 is 15.1 Å². The molecule has 0 aliphatic rings. The first-order chi connectivity index (χ1) is 12.7. The monoisotopic (exact) mass is 363 g/mol. The van der Waals surface area contributed by atoms with Gasteiger partial charge in [-0.2, -0.15) is 0 Å². The fourth-order valence-electron chi connectivity index (χ4n) is 3.05. The Kier molecular flexibility index (Phi) is 12.4. The standard InChI is InChI=1S/C22H37NO3/c1-3-5-7-8-9-10-11-13-17-26-19-15-16-20(22(24)18-19)21(23-25)14-12-6-4-2/h15-16,18,24-25H,3-14,17H2,1-2H3. The number of aromatic hydroxyl groups is 1. The van der Waals surface area contributed by atoms with Gasteiger partial charge in [0.05, 0.1) is 12.3 Å². The third kappa shape index (κ3) is 9.12. The minimum Gasteiger partial charge on any atom is -0.507 e. The van der Waals surface area contributed by atoms with Crippen LogP contribution in [-0.4, -0.2) is 22.6 Å². The van der Waals surface area contributed by atoms with Gasteiger partial charge >= 0.3 is 0 Å². The molecule has 0 unspecified atom stereocenters. The number of unbranched alkanes of at least 4 members (excludes halogenated alkanes) is 9. The molecule has 0 atom stereocenters. The van der Waals surface area contributed by atoms with E-state index < -0.39 is 0 Å². The lowest BCUT2D eigenvalue weighted by atomic mass is 10.0. The predicted molar refractivity (Wildman–Crippen MR) is 109 cm³/mol. The summed E-state index contributed by atoms with van der Waals surface area (Å²) in [7, 11) is 0. The van der Waals surface area contributed by atoms with Gasteiger partial charge in [0.25, 0.3) is 0 Å². The molecule has 0 fully saturated rings. The summed E-state index contributed by atoms with van der Waals surface area (Å²) in [5.74, 6) is 0.780. The van der Waals surface area contributed by atoms with Crippen molar-refractivity contribution in [3.63, 3.8) is 0 Å². The molecule has 148 valence electrons. The fraction of sp³-hybridized carbons (Fsp3) is 0.682. The first-order valence-corrected chi connectivity index (χ1v) is 10.4. The highest BCUT2D eigenvalue weighted by Crippen LogP contribution is 2.26. The molecule has 0 radical (unpaired) electrons. The number of rotatable bonds is 15. The largest absolute Gasteiger partial charge is 0.507 e. The van der Waals surface area contributed by atoms with Crippen molar-refractivity contribution in [3.8, 4) is 11.5 Å². The van der Waals surface area contributed by atoms with Crippen LogP contribution in [0.4, 0.5) is 0 Å². The van der Waals surface area contributed by atoms with E-state index in [1.54, 1.807) is 12.1 Å². The Morgan fingerprint density at radius 3 is 2.12 bits per heavy atom. The Bertz CT molecular complexity index is 514. The number of hydrogen-bond acceptors (Lipinski definition) is 4. The lowest BCUT2D eigenvalue weighted by Gasteiger charge is -2.10. The van der Waals surface area contributed by atoms with Crippen LogP contribution in [-0.2, 0) is 0 Å². The van der Waals surface area contributed by atoms with Gasteiger partial charge in [-0.3, -0.25) is 0 Å². The van der Waals surface area contributed by atoms with Crippen LogP contribution >= 0.6 is 0 Å². The molecule has 0 bridgehead atoms. The van der Waals surface area contributed by atoms with Crippen LogP contribution in [0, 0.1) is 0 Å². The molecule has 0 amide bonds. The summed E-state index contributed by atoms with van der Waals surface area (Å²) in [6.07, 6.45) is 14.0. The number of oxime groups is 1. The van der Waals surface area contributed by atoms with Crippen LogP contribution in [0.2, 0.25) is 0 Å². The Morgan fingerprint density at radius 2 is 1.50 bits per heavy atom. The summed E-state index contributed by atoms with van der Waals surface area (Å²) < 4.78 is 5.74.